The van der Waals surface area contributed by atoms with Crippen molar-refractivity contribution < 1.29 is 30.8 Å². The number of ether oxygens (including phenoxy) is 1. The minimum atomic E-state index is -4.35. The van der Waals surface area contributed by atoms with Gasteiger partial charge in [0.15, 0.2) is 9.84 Å². The van der Waals surface area contributed by atoms with Gasteiger partial charge in [-0.15, -0.1) is 0 Å². The van der Waals surface area contributed by atoms with Crippen molar-refractivity contribution >= 4 is 65.6 Å². The van der Waals surface area contributed by atoms with Crippen LogP contribution in [0.15, 0.2) is 41.4 Å². The molecule has 1 aliphatic heterocycles. The monoisotopic (exact) mass is 577 g/mol. The Morgan fingerprint density at radius 2 is 1.86 bits per heavy atom. The number of sulfonamides is 1. The summed E-state index contributed by atoms with van der Waals surface area (Å²) in [7, 11) is -7.34. The minimum Gasteiger partial charge on any atom is -0.376 e. The van der Waals surface area contributed by atoms with Crippen molar-refractivity contribution in [2.45, 2.75) is 23.8 Å². The second-order valence-corrected chi connectivity index (χ2v) is 13.0. The lowest BCUT2D eigenvalue weighted by Crippen LogP contribution is -2.32. The highest BCUT2D eigenvalue weighted by Crippen LogP contribution is 2.35. The number of nitrogens with one attached hydrogen (secondary N) is 3. The van der Waals surface area contributed by atoms with Gasteiger partial charge in [-0.3, -0.25) is 9.52 Å². The highest BCUT2D eigenvalue weighted by molar-refractivity contribution is 7.92. The van der Waals surface area contributed by atoms with Crippen LogP contribution in [0.2, 0.25) is 10.0 Å². The lowest BCUT2D eigenvalue weighted by Gasteiger charge is -2.22. The third-order valence-electron chi connectivity index (χ3n) is 5.71. The lowest BCUT2D eigenvalue weighted by atomic mass is 10.2. The van der Waals surface area contributed by atoms with E-state index in [1.165, 1.54) is 24.4 Å². The number of aromatic nitrogens is 1. The normalized spacial score (nSPS) is 16.2. The Balaban J connectivity index is 1.38. The van der Waals surface area contributed by atoms with Crippen LogP contribution in [0.3, 0.4) is 0 Å². The van der Waals surface area contributed by atoms with Crippen molar-refractivity contribution in [2.75, 3.05) is 29.4 Å². The van der Waals surface area contributed by atoms with Crippen LogP contribution in [0.1, 0.15) is 23.2 Å². The molecule has 0 atom stereocenters. The first-order chi connectivity index (χ1) is 17.0. The first-order valence-electron chi connectivity index (χ1n) is 10.8. The third kappa shape index (κ3) is 5.94. The molecular weight excluding hydrogens is 556 g/mol. The molecule has 0 saturated carbocycles. The van der Waals surface area contributed by atoms with Crippen LogP contribution in [-0.2, 0) is 24.6 Å². The van der Waals surface area contributed by atoms with E-state index in [1.807, 2.05) is 0 Å². The molecule has 0 spiro atoms. The van der Waals surface area contributed by atoms with Gasteiger partial charge in [0.25, 0.3) is 15.9 Å². The maximum absolute atomic E-state index is 14.8. The molecule has 0 bridgehead atoms. The summed E-state index contributed by atoms with van der Waals surface area (Å²) in [5.41, 5.74) is 0.392. The number of fused-ring (bicyclic) bond motifs is 1. The molecule has 9 nitrogen and oxygen atoms in total. The summed E-state index contributed by atoms with van der Waals surface area (Å²) in [6.45, 7) is 0.282. The van der Waals surface area contributed by atoms with Gasteiger partial charge in [-0.05, 0) is 43.2 Å². The molecular formula is C22H22Cl2FN3O6S2. The summed E-state index contributed by atoms with van der Waals surface area (Å²) < 4.78 is 71.3. The molecule has 4 rings (SSSR count). The van der Waals surface area contributed by atoms with E-state index in [9.17, 15) is 26.0 Å². The Labute approximate surface area is 217 Å². The Bertz CT molecular complexity index is 1510. The SMILES string of the molecule is O=C(NCCOC1CCS(=O)(=O)CC1)c1ccc(S(=O)(=O)Nc2ccc(Cl)c3c(Cl)c[nH]c23)c(F)c1. The van der Waals surface area contributed by atoms with Crippen LogP contribution in [0, 0.1) is 5.82 Å². The first kappa shape index (κ1) is 26.7. The van der Waals surface area contributed by atoms with E-state index < -0.39 is 36.5 Å². The number of benzene rings is 2. The van der Waals surface area contributed by atoms with E-state index in [4.69, 9.17) is 27.9 Å². The summed E-state index contributed by atoms with van der Waals surface area (Å²) in [5, 5.41) is 3.60. The maximum Gasteiger partial charge on any atom is 0.264 e. The molecule has 2 aromatic carbocycles. The molecule has 14 heteroatoms. The minimum absolute atomic E-state index is 0.0692. The number of hydrogen-bond acceptors (Lipinski definition) is 6. The highest BCUT2D eigenvalue weighted by Gasteiger charge is 2.25. The Morgan fingerprint density at radius 3 is 2.56 bits per heavy atom. The summed E-state index contributed by atoms with van der Waals surface area (Å²) in [4.78, 5) is 14.5. The summed E-state index contributed by atoms with van der Waals surface area (Å²) in [5.74, 6) is -1.56. The van der Waals surface area contributed by atoms with Crippen LogP contribution in [0.4, 0.5) is 10.1 Å². The average molecular weight is 578 g/mol. The Kier molecular flexibility index (Phi) is 7.81. The first-order valence-corrected chi connectivity index (χ1v) is 14.9. The fourth-order valence-electron chi connectivity index (χ4n) is 3.84. The molecule has 0 aliphatic carbocycles. The lowest BCUT2D eigenvalue weighted by molar-refractivity contribution is 0.0476. The number of sulfone groups is 1. The standard InChI is InChI=1S/C22H22Cl2FN3O6S2/c23-15-2-3-18(21-20(15)16(24)12-27-21)28-36(32,33)19-4-1-13(11-17(19)25)22(29)26-7-8-34-14-5-9-35(30,31)10-6-14/h1-4,11-12,14,27-28H,5-10H2,(H,26,29). The number of hydrogen-bond donors (Lipinski definition) is 3. The van der Waals surface area contributed by atoms with Crippen LogP contribution >= 0.6 is 23.2 Å². The van der Waals surface area contributed by atoms with Gasteiger partial charge in [0.05, 0.1) is 45.5 Å². The van der Waals surface area contributed by atoms with Crippen LogP contribution in [0.5, 0.6) is 0 Å². The van der Waals surface area contributed by atoms with E-state index in [2.05, 4.69) is 15.0 Å². The van der Waals surface area contributed by atoms with E-state index in [0.29, 0.717) is 33.8 Å². The van der Waals surface area contributed by atoms with Crippen molar-refractivity contribution in [1.82, 2.24) is 10.3 Å². The van der Waals surface area contributed by atoms with E-state index >= 15 is 0 Å². The zero-order valence-electron chi connectivity index (χ0n) is 18.7. The Hall–Kier alpha value is -2.38. The quantitative estimate of drug-likeness (QED) is 0.349. The molecule has 1 aromatic heterocycles. The molecule has 1 fully saturated rings. The van der Waals surface area contributed by atoms with Crippen molar-refractivity contribution in [3.05, 3.63) is 58.0 Å². The zero-order chi connectivity index (χ0) is 26.1. The fourth-order valence-corrected chi connectivity index (χ4v) is 6.98. The number of H-pyrrole nitrogens is 1. The third-order valence-corrected chi connectivity index (χ3v) is 9.43. The van der Waals surface area contributed by atoms with Crippen LogP contribution in [-0.4, -0.2) is 58.5 Å². The molecule has 2 heterocycles. The van der Waals surface area contributed by atoms with Crippen molar-refractivity contribution in [3.63, 3.8) is 0 Å². The highest BCUT2D eigenvalue weighted by atomic mass is 35.5. The maximum atomic E-state index is 14.8. The van der Waals surface area contributed by atoms with Crippen LogP contribution < -0.4 is 10.0 Å². The van der Waals surface area contributed by atoms with Crippen LogP contribution in [0.25, 0.3) is 10.9 Å². The average Bonchev–Trinajstić information content (AvgIpc) is 3.21. The molecule has 3 aromatic rings. The molecule has 0 unspecified atom stereocenters. The van der Waals surface area contributed by atoms with Gasteiger partial charge in [-0.2, -0.15) is 0 Å². The van der Waals surface area contributed by atoms with Gasteiger partial charge in [0.2, 0.25) is 0 Å². The van der Waals surface area contributed by atoms with Gasteiger partial charge in [-0.1, -0.05) is 23.2 Å². The van der Waals surface area contributed by atoms with Gasteiger partial charge < -0.3 is 15.0 Å². The largest absolute Gasteiger partial charge is 0.376 e. The number of carbonyl (C=O) groups excluding carboxylic acids is 1. The molecule has 0 radical (unpaired) electrons. The smallest absolute Gasteiger partial charge is 0.264 e. The topological polar surface area (TPSA) is 134 Å². The summed E-state index contributed by atoms with van der Waals surface area (Å²) in [6, 6.07) is 5.91. The summed E-state index contributed by atoms with van der Waals surface area (Å²) in [6.07, 6.45) is 2.08. The number of halogens is 3. The van der Waals surface area contributed by atoms with Crippen molar-refractivity contribution in [3.8, 4) is 0 Å². The van der Waals surface area contributed by atoms with Gasteiger partial charge in [0.1, 0.15) is 10.7 Å². The number of carbonyl (C=O) groups is 1. The van der Waals surface area contributed by atoms with Gasteiger partial charge in [-0.25, -0.2) is 21.2 Å². The molecule has 1 amide bonds. The van der Waals surface area contributed by atoms with E-state index in [0.717, 1.165) is 12.1 Å². The molecule has 1 aliphatic rings. The molecule has 36 heavy (non-hydrogen) atoms. The number of rotatable bonds is 8. The van der Waals surface area contributed by atoms with Crippen molar-refractivity contribution in [2.24, 2.45) is 0 Å². The number of amides is 1. The molecule has 194 valence electrons. The molecule has 3 N–H and O–H groups in total. The number of anilines is 1. The Morgan fingerprint density at radius 1 is 1.14 bits per heavy atom. The second kappa shape index (κ2) is 10.5. The predicted octanol–water partition coefficient (Wildman–Crippen LogP) is 3.74. The zero-order valence-corrected chi connectivity index (χ0v) is 21.8. The van der Waals surface area contributed by atoms with E-state index in [-0.39, 0.29) is 42.0 Å². The van der Waals surface area contributed by atoms with Gasteiger partial charge >= 0.3 is 0 Å². The predicted molar refractivity (Wildman–Crippen MR) is 135 cm³/mol. The van der Waals surface area contributed by atoms with Gasteiger partial charge in [0, 0.05) is 23.7 Å². The number of aromatic amines is 1. The van der Waals surface area contributed by atoms with Crippen molar-refractivity contribution in [1.29, 1.82) is 0 Å². The van der Waals surface area contributed by atoms with E-state index in [1.54, 1.807) is 0 Å². The summed E-state index contributed by atoms with van der Waals surface area (Å²) >= 11 is 12.2. The second-order valence-electron chi connectivity index (χ2n) is 8.21. The fraction of sp³-hybridized carbons (Fsp3) is 0.318. The molecule has 1 saturated heterocycles.